The van der Waals surface area contributed by atoms with Crippen LogP contribution in [0.4, 0.5) is 5.69 Å². The summed E-state index contributed by atoms with van der Waals surface area (Å²) in [4.78, 5) is 12.5. The summed E-state index contributed by atoms with van der Waals surface area (Å²) in [5.41, 5.74) is 2.18. The van der Waals surface area contributed by atoms with E-state index in [4.69, 9.17) is 4.74 Å². The van der Waals surface area contributed by atoms with E-state index in [-0.39, 0.29) is 12.0 Å². The summed E-state index contributed by atoms with van der Waals surface area (Å²) in [6.45, 7) is 0. The van der Waals surface area contributed by atoms with E-state index in [1.165, 1.54) is 0 Å². The number of hydrogen-bond acceptors (Lipinski definition) is 3. The molecule has 120 valence electrons. The number of ether oxygens (including phenoxy) is 1. The number of carbonyl (C=O) groups is 1. The molecule has 0 saturated heterocycles. The molecule has 2 aromatic rings. The molecule has 0 bridgehead atoms. The third kappa shape index (κ3) is 3.73. The average molecular weight is 309 g/mol. The van der Waals surface area contributed by atoms with Crippen molar-refractivity contribution in [3.05, 3.63) is 60.2 Å². The number of anilines is 1. The predicted octanol–water partition coefficient (Wildman–Crippen LogP) is 4.61. The Kier molecular flexibility index (Phi) is 4.96. The monoisotopic (exact) mass is 309 g/mol. The van der Waals surface area contributed by atoms with E-state index in [0.717, 1.165) is 36.3 Å². The molecule has 2 aromatic carbocycles. The van der Waals surface area contributed by atoms with Crippen LogP contribution in [0.3, 0.4) is 0 Å². The summed E-state index contributed by atoms with van der Waals surface area (Å²) in [7, 11) is 1.67. The van der Waals surface area contributed by atoms with Crippen molar-refractivity contribution in [2.75, 3.05) is 12.4 Å². The second kappa shape index (κ2) is 7.32. The van der Waals surface area contributed by atoms with Crippen molar-refractivity contribution >= 4 is 11.5 Å². The van der Waals surface area contributed by atoms with Crippen LogP contribution < -0.4 is 10.1 Å². The van der Waals surface area contributed by atoms with Gasteiger partial charge in [-0.25, -0.2) is 0 Å². The standard InChI is InChI=1S/C20H23NO2/c1-23-17-13-11-15(12-14-17)20(18-9-5-6-10-19(18)22)21-16-7-3-2-4-8-16/h2-4,7-8,11-14,18,20-21H,5-6,9-10H2,1H3. The van der Waals surface area contributed by atoms with Crippen LogP contribution in [-0.2, 0) is 4.79 Å². The Bertz CT molecular complexity index is 636. The smallest absolute Gasteiger partial charge is 0.138 e. The lowest BCUT2D eigenvalue weighted by molar-refractivity contribution is -0.125. The van der Waals surface area contributed by atoms with Gasteiger partial charge in [0, 0.05) is 18.0 Å². The van der Waals surface area contributed by atoms with Gasteiger partial charge in [0.1, 0.15) is 11.5 Å². The van der Waals surface area contributed by atoms with E-state index in [1.807, 2.05) is 42.5 Å². The third-order valence-corrected chi connectivity index (χ3v) is 4.58. The molecule has 0 aromatic heterocycles. The predicted molar refractivity (Wildman–Crippen MR) is 92.8 cm³/mol. The van der Waals surface area contributed by atoms with Crippen molar-refractivity contribution in [2.45, 2.75) is 31.7 Å². The van der Waals surface area contributed by atoms with Crippen LogP contribution in [0.5, 0.6) is 5.75 Å². The molecule has 1 N–H and O–H groups in total. The Balaban J connectivity index is 1.89. The number of rotatable bonds is 5. The van der Waals surface area contributed by atoms with Crippen LogP contribution in [0.15, 0.2) is 54.6 Å². The fourth-order valence-electron chi connectivity index (χ4n) is 3.30. The first kappa shape index (κ1) is 15.6. The fraction of sp³-hybridized carbons (Fsp3) is 0.350. The quantitative estimate of drug-likeness (QED) is 0.876. The highest BCUT2D eigenvalue weighted by Crippen LogP contribution is 2.35. The minimum Gasteiger partial charge on any atom is -0.497 e. The first-order chi connectivity index (χ1) is 11.3. The largest absolute Gasteiger partial charge is 0.497 e. The molecule has 0 aliphatic heterocycles. The van der Waals surface area contributed by atoms with Gasteiger partial charge in [-0.15, -0.1) is 0 Å². The summed E-state index contributed by atoms with van der Waals surface area (Å²) >= 11 is 0. The van der Waals surface area contributed by atoms with Gasteiger partial charge in [0.15, 0.2) is 0 Å². The van der Waals surface area contributed by atoms with Gasteiger partial charge in [-0.2, -0.15) is 0 Å². The number of para-hydroxylation sites is 1. The number of ketones is 1. The summed E-state index contributed by atoms with van der Waals surface area (Å²) in [5, 5.41) is 3.57. The second-order valence-electron chi connectivity index (χ2n) is 6.08. The van der Waals surface area contributed by atoms with Gasteiger partial charge in [-0.3, -0.25) is 4.79 Å². The zero-order valence-corrected chi connectivity index (χ0v) is 13.5. The van der Waals surface area contributed by atoms with Crippen LogP contribution in [0.2, 0.25) is 0 Å². The number of benzene rings is 2. The summed E-state index contributed by atoms with van der Waals surface area (Å²) in [6, 6.07) is 18.2. The number of methoxy groups -OCH3 is 1. The Morgan fingerprint density at radius 3 is 2.43 bits per heavy atom. The average Bonchev–Trinajstić information content (AvgIpc) is 2.61. The van der Waals surface area contributed by atoms with Gasteiger partial charge in [0.2, 0.25) is 0 Å². The number of Topliss-reactive ketones (excluding diaryl/α,β-unsaturated/α-hetero) is 1. The molecule has 1 aliphatic carbocycles. The number of carbonyl (C=O) groups excluding carboxylic acids is 1. The molecular weight excluding hydrogens is 286 g/mol. The van der Waals surface area contributed by atoms with Gasteiger partial charge in [-0.1, -0.05) is 36.8 Å². The molecule has 0 spiro atoms. The minimum absolute atomic E-state index is 0.0103. The topological polar surface area (TPSA) is 38.3 Å². The highest BCUT2D eigenvalue weighted by Gasteiger charge is 2.31. The van der Waals surface area contributed by atoms with Crippen molar-refractivity contribution in [1.82, 2.24) is 0 Å². The van der Waals surface area contributed by atoms with E-state index in [1.54, 1.807) is 7.11 Å². The molecule has 0 heterocycles. The maximum Gasteiger partial charge on any atom is 0.138 e. The number of hydrogen-bond donors (Lipinski definition) is 1. The van der Waals surface area contributed by atoms with Gasteiger partial charge in [-0.05, 0) is 42.7 Å². The zero-order valence-electron chi connectivity index (χ0n) is 13.5. The Hall–Kier alpha value is -2.29. The van der Waals surface area contributed by atoms with Crippen LogP contribution >= 0.6 is 0 Å². The molecule has 1 aliphatic rings. The summed E-state index contributed by atoms with van der Waals surface area (Å²) in [5.74, 6) is 1.25. The molecule has 0 radical (unpaired) electrons. The molecule has 2 atom stereocenters. The SMILES string of the molecule is COc1ccc(C(Nc2ccccc2)C2CCCCC2=O)cc1. The van der Waals surface area contributed by atoms with Gasteiger partial charge in [0.05, 0.1) is 13.2 Å². The van der Waals surface area contributed by atoms with Gasteiger partial charge >= 0.3 is 0 Å². The van der Waals surface area contributed by atoms with E-state index in [2.05, 4.69) is 17.4 Å². The first-order valence-corrected chi connectivity index (χ1v) is 8.26. The lowest BCUT2D eigenvalue weighted by atomic mass is 9.80. The molecule has 3 nitrogen and oxygen atoms in total. The lowest BCUT2D eigenvalue weighted by Gasteiger charge is -2.31. The van der Waals surface area contributed by atoms with Crippen LogP contribution in [-0.4, -0.2) is 12.9 Å². The van der Waals surface area contributed by atoms with E-state index >= 15 is 0 Å². The number of nitrogens with one attached hydrogen (secondary N) is 1. The van der Waals surface area contributed by atoms with Crippen molar-refractivity contribution < 1.29 is 9.53 Å². The highest BCUT2D eigenvalue weighted by molar-refractivity contribution is 5.83. The van der Waals surface area contributed by atoms with Crippen molar-refractivity contribution in [3.63, 3.8) is 0 Å². The van der Waals surface area contributed by atoms with Crippen LogP contribution in [0.1, 0.15) is 37.3 Å². The Labute approximate surface area is 137 Å². The summed E-state index contributed by atoms with van der Waals surface area (Å²) in [6.07, 6.45) is 3.80. The van der Waals surface area contributed by atoms with Crippen LogP contribution in [0.25, 0.3) is 0 Å². The maximum atomic E-state index is 12.5. The molecule has 2 unspecified atom stereocenters. The summed E-state index contributed by atoms with van der Waals surface area (Å²) < 4.78 is 5.25. The van der Waals surface area contributed by atoms with Crippen molar-refractivity contribution in [2.24, 2.45) is 5.92 Å². The van der Waals surface area contributed by atoms with Crippen molar-refractivity contribution in [1.29, 1.82) is 0 Å². The molecule has 0 amide bonds. The molecule has 23 heavy (non-hydrogen) atoms. The normalized spacial score (nSPS) is 19.2. The zero-order chi connectivity index (χ0) is 16.1. The van der Waals surface area contributed by atoms with E-state index in [0.29, 0.717) is 12.2 Å². The van der Waals surface area contributed by atoms with Gasteiger partial charge < -0.3 is 10.1 Å². The molecular formula is C20H23NO2. The highest BCUT2D eigenvalue weighted by atomic mass is 16.5. The van der Waals surface area contributed by atoms with Crippen LogP contribution in [0, 0.1) is 5.92 Å². The first-order valence-electron chi connectivity index (χ1n) is 8.26. The Morgan fingerprint density at radius 1 is 1.04 bits per heavy atom. The molecule has 3 rings (SSSR count). The van der Waals surface area contributed by atoms with Gasteiger partial charge in [0.25, 0.3) is 0 Å². The molecule has 1 fully saturated rings. The van der Waals surface area contributed by atoms with E-state index in [9.17, 15) is 4.79 Å². The third-order valence-electron chi connectivity index (χ3n) is 4.58. The molecule has 1 saturated carbocycles. The maximum absolute atomic E-state index is 12.5. The fourth-order valence-corrected chi connectivity index (χ4v) is 3.30. The second-order valence-corrected chi connectivity index (χ2v) is 6.08. The minimum atomic E-state index is 0.0103. The van der Waals surface area contributed by atoms with Crippen molar-refractivity contribution in [3.8, 4) is 5.75 Å². The molecule has 3 heteroatoms. The van der Waals surface area contributed by atoms with E-state index < -0.39 is 0 Å². The Morgan fingerprint density at radius 2 is 1.78 bits per heavy atom. The lowest BCUT2D eigenvalue weighted by Crippen LogP contribution is -2.30.